The molecule has 2 nitrogen and oxygen atoms in total. The van der Waals surface area contributed by atoms with Gasteiger partial charge in [-0.15, -0.1) is 0 Å². The number of para-hydroxylation sites is 1. The summed E-state index contributed by atoms with van der Waals surface area (Å²) in [5.74, 6) is 0.816. The fourth-order valence-electron chi connectivity index (χ4n) is 4.67. The molecule has 0 aliphatic heterocycles. The number of methoxy groups -OCH3 is 1. The van der Waals surface area contributed by atoms with E-state index in [1.807, 2.05) is 12.1 Å². The van der Waals surface area contributed by atoms with Gasteiger partial charge in [-0.1, -0.05) is 0 Å². The molecule has 32 heavy (non-hydrogen) atoms. The summed E-state index contributed by atoms with van der Waals surface area (Å²) >= 11 is 0. The van der Waals surface area contributed by atoms with Crippen molar-refractivity contribution < 1.29 is 4.74 Å². The van der Waals surface area contributed by atoms with Crippen LogP contribution < -0.4 is 20.7 Å². The van der Waals surface area contributed by atoms with Gasteiger partial charge in [-0.25, -0.2) is 0 Å². The number of ether oxygens (including phenoxy) is 1. The van der Waals surface area contributed by atoms with E-state index in [9.17, 15) is 0 Å². The van der Waals surface area contributed by atoms with Gasteiger partial charge in [0.1, 0.15) is 0 Å². The Morgan fingerprint density at radius 2 is 1.12 bits per heavy atom. The molecule has 0 fully saturated rings. The van der Waals surface area contributed by atoms with Gasteiger partial charge in [0.25, 0.3) is 0 Å². The molecule has 0 amide bonds. The van der Waals surface area contributed by atoms with Crippen LogP contribution in [0.3, 0.4) is 0 Å². The maximum absolute atomic E-state index is 5.62. The molecule has 0 saturated heterocycles. The monoisotopic (exact) mass is 435 g/mol. The van der Waals surface area contributed by atoms with Crippen molar-refractivity contribution in [3.8, 4) is 5.75 Å². The van der Waals surface area contributed by atoms with Crippen molar-refractivity contribution in [3.05, 3.63) is 127 Å². The summed E-state index contributed by atoms with van der Waals surface area (Å²) in [5.41, 5.74) is 2.01. The molecule has 5 rings (SSSR count). The van der Waals surface area contributed by atoms with Crippen molar-refractivity contribution in [3.63, 3.8) is 0 Å². The number of hydrogen-bond acceptors (Lipinski definition) is 2. The van der Waals surface area contributed by atoms with Gasteiger partial charge < -0.3 is 0 Å². The van der Waals surface area contributed by atoms with Gasteiger partial charge >= 0.3 is 190 Å². The minimum absolute atomic E-state index is 0.816. The Bertz CT molecular complexity index is 1220. The number of fused-ring (bicyclic) bond motifs is 1. The zero-order chi connectivity index (χ0) is 21.8. The topological polar surface area (TPSA) is 22.1 Å². The van der Waals surface area contributed by atoms with E-state index < -0.39 is 7.26 Å². The van der Waals surface area contributed by atoms with E-state index in [-0.39, 0.29) is 0 Å². The molecule has 0 spiro atoms. The fourth-order valence-corrected chi connectivity index (χ4v) is 9.31. The van der Waals surface area contributed by atoms with Gasteiger partial charge in [0, 0.05) is 0 Å². The number of rotatable bonds is 6. The number of benzene rings is 4. The van der Waals surface area contributed by atoms with Gasteiger partial charge in [0.05, 0.1) is 0 Å². The Kier molecular flexibility index (Phi) is 5.71. The standard InChI is InChI=1S/C29H26NOP/c1-31-28-19-11-12-23-20-21-24(30-29(23)28)22-32(25-13-5-2-6-14-25,26-15-7-3-8-16-26)27-17-9-4-10-18-27/h2-21,32H,22H2,1H3. The van der Waals surface area contributed by atoms with Gasteiger partial charge in [0.2, 0.25) is 0 Å². The van der Waals surface area contributed by atoms with E-state index >= 15 is 0 Å². The van der Waals surface area contributed by atoms with E-state index in [4.69, 9.17) is 9.72 Å². The molecule has 0 unspecified atom stereocenters. The average molecular weight is 436 g/mol. The molecule has 3 heteroatoms. The Balaban J connectivity index is 1.76. The first-order valence-corrected chi connectivity index (χ1v) is 13.1. The second-order valence-electron chi connectivity index (χ2n) is 8.01. The second kappa shape index (κ2) is 8.94. The molecule has 158 valence electrons. The van der Waals surface area contributed by atoms with Gasteiger partial charge in [0.15, 0.2) is 0 Å². The fraction of sp³-hybridized carbons (Fsp3) is 0.0690. The summed E-state index contributed by atoms with van der Waals surface area (Å²) in [6.07, 6.45) is 0.874. The van der Waals surface area contributed by atoms with E-state index in [1.165, 1.54) is 15.9 Å². The normalized spacial score (nSPS) is 11.9. The first kappa shape index (κ1) is 20.4. The van der Waals surface area contributed by atoms with Crippen LogP contribution in [0.1, 0.15) is 5.69 Å². The molecule has 0 N–H and O–H groups in total. The van der Waals surface area contributed by atoms with Crippen molar-refractivity contribution in [2.45, 2.75) is 6.16 Å². The van der Waals surface area contributed by atoms with Crippen LogP contribution in [0.4, 0.5) is 0 Å². The number of hydrogen-bond donors (Lipinski definition) is 0. The van der Waals surface area contributed by atoms with Crippen LogP contribution in [0, 0.1) is 0 Å². The molecule has 4 aromatic carbocycles. The van der Waals surface area contributed by atoms with Gasteiger partial charge in [-0.3, -0.25) is 0 Å². The number of aromatic nitrogens is 1. The van der Waals surface area contributed by atoms with Crippen LogP contribution in [0.25, 0.3) is 10.9 Å². The van der Waals surface area contributed by atoms with Crippen molar-refractivity contribution in [1.82, 2.24) is 4.98 Å². The summed E-state index contributed by atoms with van der Waals surface area (Å²) in [6, 6.07) is 43.3. The number of pyridine rings is 1. The average Bonchev–Trinajstić information content (AvgIpc) is 2.88. The molecule has 1 heterocycles. The van der Waals surface area contributed by atoms with Crippen LogP contribution in [0.5, 0.6) is 5.75 Å². The van der Waals surface area contributed by atoms with Crippen molar-refractivity contribution >= 4 is 34.1 Å². The third-order valence-corrected chi connectivity index (χ3v) is 11.1. The van der Waals surface area contributed by atoms with Crippen LogP contribution >= 0.6 is 7.26 Å². The Labute approximate surface area is 189 Å². The molecule has 5 aromatic rings. The third kappa shape index (κ3) is 3.68. The van der Waals surface area contributed by atoms with Crippen molar-refractivity contribution in [2.24, 2.45) is 0 Å². The summed E-state index contributed by atoms with van der Waals surface area (Å²) in [4.78, 5) is 5.12. The molecule has 0 saturated carbocycles. The molecular weight excluding hydrogens is 409 g/mol. The summed E-state index contributed by atoms with van der Waals surface area (Å²) in [6.45, 7) is 0. The Hall–Kier alpha value is -3.48. The first-order valence-electron chi connectivity index (χ1n) is 10.9. The van der Waals surface area contributed by atoms with Crippen molar-refractivity contribution in [2.75, 3.05) is 7.11 Å². The van der Waals surface area contributed by atoms with Gasteiger partial charge in [-0.05, 0) is 0 Å². The summed E-state index contributed by atoms with van der Waals surface area (Å²) in [7, 11) is -0.675. The van der Waals surface area contributed by atoms with Crippen LogP contribution in [0.15, 0.2) is 121 Å². The Morgan fingerprint density at radius 3 is 1.62 bits per heavy atom. The molecule has 0 aliphatic rings. The zero-order valence-corrected chi connectivity index (χ0v) is 19.1. The van der Waals surface area contributed by atoms with E-state index in [0.29, 0.717) is 0 Å². The van der Waals surface area contributed by atoms with E-state index in [0.717, 1.165) is 28.5 Å². The van der Waals surface area contributed by atoms with Crippen LogP contribution in [0.2, 0.25) is 0 Å². The summed E-state index contributed by atoms with van der Waals surface area (Å²) < 4.78 is 5.62. The summed E-state index contributed by atoms with van der Waals surface area (Å²) in [5, 5.41) is 5.26. The predicted octanol–water partition coefficient (Wildman–Crippen LogP) is 5.47. The predicted molar refractivity (Wildman–Crippen MR) is 139 cm³/mol. The maximum atomic E-state index is 5.62. The second-order valence-corrected chi connectivity index (χ2v) is 11.9. The number of nitrogens with zero attached hydrogens (tertiary/aromatic N) is 1. The molecule has 0 radical (unpaired) electrons. The third-order valence-electron chi connectivity index (χ3n) is 6.21. The van der Waals surface area contributed by atoms with E-state index in [1.54, 1.807) is 7.11 Å². The van der Waals surface area contributed by atoms with Gasteiger partial charge in [-0.2, -0.15) is 0 Å². The SMILES string of the molecule is COc1cccc2ccc(C[PH](c3ccccc3)(c3ccccc3)c3ccccc3)nc12. The van der Waals surface area contributed by atoms with E-state index in [2.05, 4.69) is 109 Å². The molecular formula is C29H26NOP. The van der Waals surface area contributed by atoms with Crippen molar-refractivity contribution in [1.29, 1.82) is 0 Å². The van der Waals surface area contributed by atoms with Crippen LogP contribution in [-0.4, -0.2) is 12.1 Å². The molecule has 0 aliphatic carbocycles. The quantitative estimate of drug-likeness (QED) is 0.330. The molecule has 0 atom stereocenters. The zero-order valence-electron chi connectivity index (χ0n) is 18.1. The first-order chi connectivity index (χ1) is 15.8. The Morgan fingerprint density at radius 1 is 0.594 bits per heavy atom. The minimum atomic E-state index is -2.38. The molecule has 1 aromatic heterocycles. The van der Waals surface area contributed by atoms with Crippen LogP contribution in [-0.2, 0) is 6.16 Å². The molecule has 0 bridgehead atoms.